The Kier molecular flexibility index (Phi) is 6.66. The van der Waals surface area contributed by atoms with Gasteiger partial charge in [0.05, 0.1) is 34.7 Å². The van der Waals surface area contributed by atoms with E-state index in [1.54, 1.807) is 12.1 Å². The highest BCUT2D eigenvalue weighted by molar-refractivity contribution is 5.82. The number of nitriles is 2. The van der Waals surface area contributed by atoms with Gasteiger partial charge in [0, 0.05) is 34.6 Å². The maximum atomic E-state index is 9.13. The number of rotatable bonds is 5. The molecule has 0 saturated heterocycles. The van der Waals surface area contributed by atoms with Gasteiger partial charge in [-0.05, 0) is 60.0 Å². The van der Waals surface area contributed by atoms with Crippen LogP contribution in [0.1, 0.15) is 27.8 Å². The molecule has 0 fully saturated rings. The lowest BCUT2D eigenvalue weighted by atomic mass is 9.98. The van der Waals surface area contributed by atoms with Crippen LogP contribution in [0.3, 0.4) is 0 Å². The molecule has 0 bridgehead atoms. The number of aryl methyl sites for hydroxylation is 1. The zero-order chi connectivity index (χ0) is 25.6. The predicted octanol–water partition coefficient (Wildman–Crippen LogP) is 7.70. The van der Waals surface area contributed by atoms with Gasteiger partial charge in [-0.15, -0.1) is 0 Å². The highest BCUT2D eigenvalue weighted by atomic mass is 14.7. The van der Waals surface area contributed by atoms with Crippen LogP contribution in [0.25, 0.3) is 45.8 Å². The van der Waals surface area contributed by atoms with E-state index in [4.69, 9.17) is 20.5 Å². The summed E-state index contributed by atoms with van der Waals surface area (Å²) in [4.78, 5) is 9.62. The molecule has 4 heteroatoms. The molecule has 0 spiro atoms. The molecule has 5 aromatic rings. The molecule has 2 heterocycles. The second-order valence-corrected chi connectivity index (χ2v) is 8.67. The first-order valence-electron chi connectivity index (χ1n) is 11.9. The number of benzene rings is 3. The van der Waals surface area contributed by atoms with Crippen molar-refractivity contribution in [3.8, 4) is 45.8 Å². The fourth-order valence-corrected chi connectivity index (χ4v) is 4.20. The van der Waals surface area contributed by atoms with E-state index >= 15 is 0 Å². The third kappa shape index (κ3) is 5.20. The minimum atomic E-state index is 0.624. The Morgan fingerprint density at radius 3 is 1.81 bits per heavy atom. The molecule has 0 amide bonds. The molecule has 37 heavy (non-hydrogen) atoms. The van der Waals surface area contributed by atoms with Gasteiger partial charge in [0.1, 0.15) is 0 Å². The topological polar surface area (TPSA) is 73.4 Å². The fraction of sp³-hybridized carbons (Fsp3) is 0.0303. The summed E-state index contributed by atoms with van der Waals surface area (Å²) in [6.45, 7) is 2.04. The largest absolute Gasteiger partial charge is 0.255 e. The van der Waals surface area contributed by atoms with E-state index in [0.717, 1.165) is 50.3 Å². The average molecular weight is 475 g/mol. The van der Waals surface area contributed by atoms with Crippen molar-refractivity contribution in [2.24, 2.45) is 0 Å². The molecule has 4 nitrogen and oxygen atoms in total. The van der Waals surface area contributed by atoms with Crippen LogP contribution in [0.15, 0.2) is 103 Å². The van der Waals surface area contributed by atoms with E-state index in [2.05, 4.69) is 48.6 Å². The van der Waals surface area contributed by atoms with E-state index in [1.165, 1.54) is 0 Å². The molecule has 0 N–H and O–H groups in total. The molecule has 0 aliphatic rings. The Bertz CT molecular complexity index is 1670. The van der Waals surface area contributed by atoms with E-state index in [1.807, 2.05) is 73.9 Å². The van der Waals surface area contributed by atoms with Gasteiger partial charge in [-0.25, -0.2) is 0 Å². The van der Waals surface area contributed by atoms with Crippen molar-refractivity contribution in [2.45, 2.75) is 6.92 Å². The number of nitrogens with zero attached hydrogens (tertiary/aromatic N) is 4. The molecule has 0 radical (unpaired) electrons. The average Bonchev–Trinajstić information content (AvgIpc) is 2.96. The summed E-state index contributed by atoms with van der Waals surface area (Å²) >= 11 is 0. The number of hydrogen-bond donors (Lipinski definition) is 0. The van der Waals surface area contributed by atoms with E-state index in [-0.39, 0.29) is 0 Å². The lowest BCUT2D eigenvalue weighted by Crippen LogP contribution is -1.95. The number of aromatic nitrogens is 2. The van der Waals surface area contributed by atoms with E-state index in [9.17, 15) is 0 Å². The number of hydrogen-bond acceptors (Lipinski definition) is 4. The predicted molar refractivity (Wildman–Crippen MR) is 148 cm³/mol. The third-order valence-corrected chi connectivity index (χ3v) is 6.16. The summed E-state index contributed by atoms with van der Waals surface area (Å²) in [6, 6.07) is 33.7. The van der Waals surface area contributed by atoms with Gasteiger partial charge in [-0.2, -0.15) is 10.5 Å². The van der Waals surface area contributed by atoms with Crippen LogP contribution in [0, 0.1) is 29.6 Å². The van der Waals surface area contributed by atoms with Crippen molar-refractivity contribution in [1.29, 1.82) is 10.5 Å². The third-order valence-electron chi connectivity index (χ3n) is 6.16. The monoisotopic (exact) mass is 474 g/mol. The summed E-state index contributed by atoms with van der Waals surface area (Å²) in [6.07, 6.45) is 7.87. The molecule has 0 aliphatic carbocycles. The van der Waals surface area contributed by atoms with Gasteiger partial charge in [0.2, 0.25) is 0 Å². The zero-order valence-electron chi connectivity index (χ0n) is 20.3. The van der Waals surface area contributed by atoms with Crippen LogP contribution in [-0.4, -0.2) is 9.97 Å². The van der Waals surface area contributed by atoms with Gasteiger partial charge in [-0.1, -0.05) is 66.7 Å². The highest BCUT2D eigenvalue weighted by Gasteiger charge is 2.12. The first kappa shape index (κ1) is 23.4. The molecule has 0 unspecified atom stereocenters. The Labute approximate surface area is 216 Å². The van der Waals surface area contributed by atoms with Crippen molar-refractivity contribution in [1.82, 2.24) is 9.97 Å². The first-order chi connectivity index (χ1) is 18.1. The maximum absolute atomic E-state index is 9.13. The van der Waals surface area contributed by atoms with Crippen LogP contribution in [-0.2, 0) is 0 Å². The molecule has 5 rings (SSSR count). The second-order valence-electron chi connectivity index (χ2n) is 8.67. The molecule has 3 aromatic carbocycles. The first-order valence-corrected chi connectivity index (χ1v) is 11.9. The van der Waals surface area contributed by atoms with Gasteiger partial charge in [0.15, 0.2) is 0 Å². The normalized spacial score (nSPS) is 10.7. The van der Waals surface area contributed by atoms with Crippen molar-refractivity contribution in [2.75, 3.05) is 0 Å². The van der Waals surface area contributed by atoms with Crippen molar-refractivity contribution < 1.29 is 0 Å². The lowest BCUT2D eigenvalue weighted by molar-refractivity contribution is 1.24. The minimum absolute atomic E-state index is 0.624. The van der Waals surface area contributed by atoms with Gasteiger partial charge in [-0.3, -0.25) is 9.97 Å². The summed E-state index contributed by atoms with van der Waals surface area (Å²) in [7, 11) is 0. The second kappa shape index (κ2) is 10.5. The summed E-state index contributed by atoms with van der Waals surface area (Å²) in [5, 5.41) is 18.2. The summed E-state index contributed by atoms with van der Waals surface area (Å²) in [5.74, 6) is 0. The maximum Gasteiger partial charge on any atom is 0.0991 e. The molecule has 0 atom stereocenters. The lowest BCUT2D eigenvalue weighted by Gasteiger charge is -2.12. The molecule has 2 aromatic heterocycles. The fourth-order valence-electron chi connectivity index (χ4n) is 4.20. The Morgan fingerprint density at radius 2 is 1.19 bits per heavy atom. The summed E-state index contributed by atoms with van der Waals surface area (Å²) < 4.78 is 0. The molecule has 0 saturated carbocycles. The van der Waals surface area contributed by atoms with E-state index < -0.39 is 0 Å². The van der Waals surface area contributed by atoms with Gasteiger partial charge < -0.3 is 0 Å². The number of pyridine rings is 2. The quantitative estimate of drug-likeness (QED) is 0.262. The van der Waals surface area contributed by atoms with Crippen LogP contribution in [0.5, 0.6) is 0 Å². The van der Waals surface area contributed by atoms with Crippen LogP contribution in [0.4, 0.5) is 0 Å². The van der Waals surface area contributed by atoms with Crippen LogP contribution >= 0.6 is 0 Å². The molecule has 0 aliphatic heterocycles. The summed E-state index contributed by atoms with van der Waals surface area (Å²) in [5.41, 5.74) is 9.93. The van der Waals surface area contributed by atoms with Gasteiger partial charge >= 0.3 is 0 Å². The molecule has 174 valence electrons. The van der Waals surface area contributed by atoms with Crippen molar-refractivity contribution in [3.63, 3.8) is 0 Å². The van der Waals surface area contributed by atoms with E-state index in [0.29, 0.717) is 11.1 Å². The van der Waals surface area contributed by atoms with Crippen molar-refractivity contribution >= 4 is 12.2 Å². The SMILES string of the molecule is Cc1cc(-c2ncc(-c3ccc(C#N)cc3)cc2/C=C/c2ccccc2)cnc1-c1ccc(C#N)cc1. The van der Waals surface area contributed by atoms with Gasteiger partial charge in [0.25, 0.3) is 0 Å². The smallest absolute Gasteiger partial charge is 0.0991 e. The Balaban J connectivity index is 1.56. The Morgan fingerprint density at radius 1 is 0.595 bits per heavy atom. The highest BCUT2D eigenvalue weighted by Crippen LogP contribution is 2.31. The van der Waals surface area contributed by atoms with Crippen molar-refractivity contribution in [3.05, 3.63) is 131 Å². The molecular formula is C33H22N4. The molecular weight excluding hydrogens is 452 g/mol. The standard InChI is InChI=1S/C33H22N4/c1-23-17-31(22-36-32(23)28-14-10-26(20-35)11-15-28)33-29(16-7-24-5-3-2-4-6-24)18-30(21-37-33)27-12-8-25(19-34)9-13-27/h2-18,21-22H,1H3/b16-7+. The van der Waals surface area contributed by atoms with Crippen LogP contribution < -0.4 is 0 Å². The minimum Gasteiger partial charge on any atom is -0.255 e. The zero-order valence-corrected chi connectivity index (χ0v) is 20.3. The Hall–Kier alpha value is -5.32. The van der Waals surface area contributed by atoms with Crippen LogP contribution in [0.2, 0.25) is 0 Å².